The van der Waals surface area contributed by atoms with Gasteiger partial charge in [0.05, 0.1) is 10.6 Å². The summed E-state index contributed by atoms with van der Waals surface area (Å²) in [5, 5.41) is 3.00. The third kappa shape index (κ3) is 2.65. The van der Waals surface area contributed by atoms with Crippen LogP contribution in [0.2, 0.25) is 0 Å². The van der Waals surface area contributed by atoms with Crippen molar-refractivity contribution in [1.82, 2.24) is 9.97 Å². The maximum absolute atomic E-state index is 14.1. The fourth-order valence-electron chi connectivity index (χ4n) is 2.64. The lowest BCUT2D eigenvalue weighted by molar-refractivity contribution is -0.117. The molecule has 24 heavy (non-hydrogen) atoms. The Morgan fingerprint density at radius 3 is 2.92 bits per heavy atom. The number of alkyl halides is 1. The molecule has 0 aliphatic heterocycles. The van der Waals surface area contributed by atoms with E-state index in [0.717, 1.165) is 10.3 Å². The molecule has 7 heteroatoms. The average Bonchev–Trinajstić information content (AvgIpc) is 3.13. The van der Waals surface area contributed by atoms with Crippen molar-refractivity contribution in [2.45, 2.75) is 19.5 Å². The van der Waals surface area contributed by atoms with Crippen LogP contribution in [0.15, 0.2) is 30.5 Å². The van der Waals surface area contributed by atoms with E-state index in [2.05, 4.69) is 15.3 Å². The molecular weight excluding hydrogens is 332 g/mol. The molecule has 0 saturated heterocycles. The Labute approximate surface area is 140 Å². The van der Waals surface area contributed by atoms with Crippen molar-refractivity contribution < 1.29 is 13.6 Å². The van der Waals surface area contributed by atoms with E-state index in [4.69, 9.17) is 0 Å². The van der Waals surface area contributed by atoms with E-state index in [9.17, 15) is 13.6 Å². The van der Waals surface area contributed by atoms with Gasteiger partial charge in [-0.2, -0.15) is 4.98 Å². The predicted molar refractivity (Wildman–Crippen MR) is 89.2 cm³/mol. The van der Waals surface area contributed by atoms with Crippen LogP contribution >= 0.6 is 11.3 Å². The Morgan fingerprint density at radius 2 is 2.21 bits per heavy atom. The summed E-state index contributed by atoms with van der Waals surface area (Å²) in [4.78, 5) is 20.3. The molecule has 1 amide bonds. The van der Waals surface area contributed by atoms with Crippen LogP contribution < -0.4 is 5.32 Å². The lowest BCUT2D eigenvalue weighted by atomic mass is 10.0. The molecule has 2 aromatic heterocycles. The van der Waals surface area contributed by atoms with Gasteiger partial charge in [0, 0.05) is 17.3 Å². The number of amides is 1. The molecule has 4 rings (SSSR count). The van der Waals surface area contributed by atoms with Crippen LogP contribution in [0.1, 0.15) is 12.0 Å². The minimum Gasteiger partial charge on any atom is -0.302 e. The van der Waals surface area contributed by atoms with E-state index in [-0.39, 0.29) is 18.1 Å². The van der Waals surface area contributed by atoms with Crippen molar-refractivity contribution >= 4 is 32.7 Å². The third-order valence-corrected chi connectivity index (χ3v) is 4.94. The predicted octanol–water partition coefficient (Wildman–Crippen LogP) is 4.10. The number of hydrogen-bond acceptors (Lipinski definition) is 4. The molecular formula is C17H13F2N3OS. The highest BCUT2D eigenvalue weighted by atomic mass is 32.1. The van der Waals surface area contributed by atoms with E-state index in [1.807, 2.05) is 13.0 Å². The van der Waals surface area contributed by atoms with Gasteiger partial charge in [0.2, 0.25) is 5.91 Å². The van der Waals surface area contributed by atoms with E-state index < -0.39 is 12.1 Å². The van der Waals surface area contributed by atoms with Gasteiger partial charge in [0.25, 0.3) is 0 Å². The van der Waals surface area contributed by atoms with Crippen molar-refractivity contribution in [1.29, 1.82) is 0 Å². The number of carbonyl (C=O) groups excluding carboxylic acids is 1. The SMILES string of the molecule is Cc1cccc(F)c1-c1cnc2nc(NC(=O)[C@@H]3C[C@@H]3F)sc2c1. The first-order valence-corrected chi connectivity index (χ1v) is 8.31. The normalized spacial score (nSPS) is 19.5. The molecule has 1 aliphatic rings. The first-order valence-electron chi connectivity index (χ1n) is 7.50. The number of nitrogens with one attached hydrogen (secondary N) is 1. The van der Waals surface area contributed by atoms with Gasteiger partial charge in [-0.05, 0) is 31.0 Å². The number of thiazole rings is 1. The number of fused-ring (bicyclic) bond motifs is 1. The minimum absolute atomic E-state index is 0.270. The number of hydrogen-bond donors (Lipinski definition) is 1. The summed E-state index contributed by atoms with van der Waals surface area (Å²) >= 11 is 1.24. The van der Waals surface area contributed by atoms with Gasteiger partial charge in [-0.1, -0.05) is 23.5 Å². The van der Waals surface area contributed by atoms with E-state index in [1.165, 1.54) is 17.4 Å². The van der Waals surface area contributed by atoms with Gasteiger partial charge in [0.15, 0.2) is 10.8 Å². The molecule has 0 radical (unpaired) electrons. The molecule has 122 valence electrons. The summed E-state index contributed by atoms with van der Waals surface area (Å²) in [5.74, 6) is -1.23. The van der Waals surface area contributed by atoms with Crippen LogP contribution in [0.5, 0.6) is 0 Å². The molecule has 1 saturated carbocycles. The number of benzene rings is 1. The number of aryl methyl sites for hydroxylation is 1. The largest absolute Gasteiger partial charge is 0.302 e. The number of nitrogens with zero attached hydrogens (tertiary/aromatic N) is 2. The maximum atomic E-state index is 14.1. The Balaban J connectivity index is 1.67. The number of anilines is 1. The van der Waals surface area contributed by atoms with E-state index in [0.29, 0.717) is 21.9 Å². The van der Waals surface area contributed by atoms with Gasteiger partial charge in [-0.15, -0.1) is 0 Å². The smallest absolute Gasteiger partial charge is 0.232 e. The number of halogens is 2. The first kappa shape index (κ1) is 15.1. The molecule has 0 bridgehead atoms. The number of aromatic nitrogens is 2. The molecule has 2 heterocycles. The fraction of sp³-hybridized carbons (Fsp3) is 0.235. The van der Waals surface area contributed by atoms with Crippen molar-refractivity contribution in [2.75, 3.05) is 5.32 Å². The average molecular weight is 345 g/mol. The van der Waals surface area contributed by atoms with Crippen molar-refractivity contribution in [3.05, 3.63) is 41.8 Å². The summed E-state index contributed by atoms with van der Waals surface area (Å²) in [6.07, 6.45) is 0.789. The van der Waals surface area contributed by atoms with Gasteiger partial charge < -0.3 is 5.32 Å². The fourth-order valence-corrected chi connectivity index (χ4v) is 3.51. The number of pyridine rings is 1. The molecule has 1 N–H and O–H groups in total. The second kappa shape index (κ2) is 5.59. The summed E-state index contributed by atoms with van der Waals surface area (Å²) in [6.45, 7) is 1.84. The highest BCUT2D eigenvalue weighted by Gasteiger charge is 2.43. The molecule has 4 nitrogen and oxygen atoms in total. The van der Waals surface area contributed by atoms with Crippen LogP contribution in [0, 0.1) is 18.7 Å². The van der Waals surface area contributed by atoms with E-state index >= 15 is 0 Å². The Bertz CT molecular complexity index is 936. The van der Waals surface area contributed by atoms with Crippen LogP contribution in [-0.4, -0.2) is 22.0 Å². The Kier molecular flexibility index (Phi) is 3.53. The second-order valence-corrected chi connectivity index (χ2v) is 6.87. The highest BCUT2D eigenvalue weighted by Crippen LogP contribution is 2.36. The molecule has 0 unspecified atom stereocenters. The molecule has 1 fully saturated rings. The maximum Gasteiger partial charge on any atom is 0.232 e. The molecule has 1 aliphatic carbocycles. The summed E-state index contributed by atoms with van der Waals surface area (Å²) in [6, 6.07) is 6.71. The van der Waals surface area contributed by atoms with E-state index in [1.54, 1.807) is 18.3 Å². The van der Waals surface area contributed by atoms with Gasteiger partial charge in [0.1, 0.15) is 12.0 Å². The van der Waals surface area contributed by atoms with Crippen LogP contribution in [0.25, 0.3) is 21.5 Å². The summed E-state index contributed by atoms with van der Waals surface area (Å²) < 4.78 is 27.8. The zero-order chi connectivity index (χ0) is 16.8. The molecule has 0 spiro atoms. The molecule has 1 aromatic carbocycles. The van der Waals surface area contributed by atoms with Gasteiger partial charge in [-0.25, -0.2) is 13.8 Å². The minimum atomic E-state index is -1.05. The van der Waals surface area contributed by atoms with Crippen LogP contribution in [0.4, 0.5) is 13.9 Å². The topological polar surface area (TPSA) is 54.9 Å². The summed E-state index contributed by atoms with van der Waals surface area (Å²) in [5.41, 5.74) is 2.45. The Morgan fingerprint density at radius 1 is 1.42 bits per heavy atom. The summed E-state index contributed by atoms with van der Waals surface area (Å²) in [7, 11) is 0. The lowest BCUT2D eigenvalue weighted by Crippen LogP contribution is -2.14. The highest BCUT2D eigenvalue weighted by molar-refractivity contribution is 7.22. The number of rotatable bonds is 3. The monoisotopic (exact) mass is 345 g/mol. The first-order chi connectivity index (χ1) is 11.5. The van der Waals surface area contributed by atoms with Gasteiger partial charge in [-0.3, -0.25) is 4.79 Å². The zero-order valence-electron chi connectivity index (χ0n) is 12.7. The number of carbonyl (C=O) groups is 1. The standard InChI is InChI=1S/C17H13F2N3OS/c1-8-3-2-4-11(18)14(8)9-5-13-15(20-7-9)21-17(24-13)22-16(23)10-6-12(10)19/h2-5,7,10,12H,6H2,1H3,(H,20,21,22,23)/t10-,12+/m1/s1. The lowest BCUT2D eigenvalue weighted by Gasteiger charge is -2.06. The van der Waals surface area contributed by atoms with Gasteiger partial charge >= 0.3 is 0 Å². The second-order valence-electron chi connectivity index (χ2n) is 5.84. The van der Waals surface area contributed by atoms with Crippen LogP contribution in [0.3, 0.4) is 0 Å². The van der Waals surface area contributed by atoms with Crippen molar-refractivity contribution in [3.63, 3.8) is 0 Å². The molecule has 2 atom stereocenters. The van der Waals surface area contributed by atoms with Crippen molar-refractivity contribution in [3.8, 4) is 11.1 Å². The third-order valence-electron chi connectivity index (χ3n) is 4.04. The quantitative estimate of drug-likeness (QED) is 0.777. The van der Waals surface area contributed by atoms with Crippen LogP contribution in [-0.2, 0) is 4.79 Å². The van der Waals surface area contributed by atoms with Crippen molar-refractivity contribution in [2.24, 2.45) is 5.92 Å². The zero-order valence-corrected chi connectivity index (χ0v) is 13.5. The Hall–Kier alpha value is -2.41. The molecule has 3 aromatic rings.